The van der Waals surface area contributed by atoms with E-state index in [1.54, 1.807) is 11.6 Å². The third kappa shape index (κ3) is 2.53. The summed E-state index contributed by atoms with van der Waals surface area (Å²) in [5, 5.41) is 5.16. The van der Waals surface area contributed by atoms with Gasteiger partial charge in [-0.05, 0) is 29.8 Å². The van der Waals surface area contributed by atoms with Crippen molar-refractivity contribution in [2.45, 2.75) is 6.42 Å². The minimum atomic E-state index is 0.682. The maximum absolute atomic E-state index is 5.86. The summed E-state index contributed by atoms with van der Waals surface area (Å²) in [5.74, 6) is 1.53. The van der Waals surface area contributed by atoms with Gasteiger partial charge in [0.15, 0.2) is 11.5 Å². The van der Waals surface area contributed by atoms with E-state index in [4.69, 9.17) is 16.3 Å². The van der Waals surface area contributed by atoms with E-state index in [1.165, 1.54) is 0 Å². The fourth-order valence-corrected chi connectivity index (χ4v) is 2.02. The number of aromatic nitrogens is 3. The van der Waals surface area contributed by atoms with Crippen molar-refractivity contribution in [3.05, 3.63) is 59.0 Å². The van der Waals surface area contributed by atoms with Crippen LogP contribution < -0.4 is 4.74 Å². The first-order valence-electron chi connectivity index (χ1n) is 5.88. The molecule has 2 aromatic heterocycles. The van der Waals surface area contributed by atoms with Crippen molar-refractivity contribution in [1.29, 1.82) is 0 Å². The molecule has 96 valence electrons. The molecule has 3 rings (SSSR count). The molecule has 5 heteroatoms. The van der Waals surface area contributed by atoms with Crippen molar-refractivity contribution in [2.75, 3.05) is 7.11 Å². The highest BCUT2D eigenvalue weighted by Gasteiger charge is 2.05. The molecule has 2 heterocycles. The van der Waals surface area contributed by atoms with Crippen molar-refractivity contribution in [1.82, 2.24) is 14.6 Å². The van der Waals surface area contributed by atoms with Gasteiger partial charge in [-0.1, -0.05) is 23.7 Å². The zero-order chi connectivity index (χ0) is 13.2. The van der Waals surface area contributed by atoms with Crippen LogP contribution in [0.4, 0.5) is 0 Å². The van der Waals surface area contributed by atoms with E-state index in [0.29, 0.717) is 6.42 Å². The lowest BCUT2D eigenvalue weighted by atomic mass is 10.1. The standard InChI is InChI=1S/C14H12ClN3O/c1-19-12-6-7-14-16-13(17-18(14)9-12)8-10-2-4-11(15)5-3-10/h2-7,9H,8H2,1H3. The summed E-state index contributed by atoms with van der Waals surface area (Å²) < 4.78 is 6.89. The number of hydrogen-bond donors (Lipinski definition) is 0. The predicted octanol–water partition coefficient (Wildman–Crippen LogP) is 2.98. The van der Waals surface area contributed by atoms with Crippen LogP contribution in [-0.4, -0.2) is 21.7 Å². The van der Waals surface area contributed by atoms with Gasteiger partial charge in [0.25, 0.3) is 0 Å². The molecule has 4 nitrogen and oxygen atoms in total. The number of hydrogen-bond acceptors (Lipinski definition) is 3. The van der Waals surface area contributed by atoms with E-state index < -0.39 is 0 Å². The minimum Gasteiger partial charge on any atom is -0.495 e. The minimum absolute atomic E-state index is 0.682. The Morgan fingerprint density at radius 3 is 2.68 bits per heavy atom. The van der Waals surface area contributed by atoms with Gasteiger partial charge < -0.3 is 4.74 Å². The Bertz CT molecular complexity index is 706. The number of pyridine rings is 1. The van der Waals surface area contributed by atoms with E-state index in [0.717, 1.165) is 27.8 Å². The Kier molecular flexibility index (Phi) is 3.09. The van der Waals surface area contributed by atoms with Crippen LogP contribution in [-0.2, 0) is 6.42 Å². The molecule has 1 aromatic carbocycles. The molecule has 0 bridgehead atoms. The van der Waals surface area contributed by atoms with Gasteiger partial charge in [0.2, 0.25) is 0 Å². The normalized spacial score (nSPS) is 10.8. The van der Waals surface area contributed by atoms with Crippen LogP contribution in [0.2, 0.25) is 5.02 Å². The maximum atomic E-state index is 5.86. The number of fused-ring (bicyclic) bond motifs is 1. The Morgan fingerprint density at radius 1 is 1.16 bits per heavy atom. The van der Waals surface area contributed by atoms with Gasteiger partial charge in [0.1, 0.15) is 5.75 Å². The molecule has 0 saturated heterocycles. The fourth-order valence-electron chi connectivity index (χ4n) is 1.89. The van der Waals surface area contributed by atoms with Crippen molar-refractivity contribution in [3.63, 3.8) is 0 Å². The zero-order valence-electron chi connectivity index (χ0n) is 10.4. The molecule has 0 aliphatic rings. The van der Waals surface area contributed by atoms with Crippen LogP contribution in [0.25, 0.3) is 5.65 Å². The highest BCUT2D eigenvalue weighted by Crippen LogP contribution is 2.14. The number of ether oxygens (including phenoxy) is 1. The lowest BCUT2D eigenvalue weighted by Gasteiger charge is -1.97. The van der Waals surface area contributed by atoms with Gasteiger partial charge in [-0.3, -0.25) is 0 Å². The number of halogens is 1. The number of rotatable bonds is 3. The first-order valence-corrected chi connectivity index (χ1v) is 6.26. The van der Waals surface area contributed by atoms with Gasteiger partial charge in [0.05, 0.1) is 13.3 Å². The molecule has 0 N–H and O–H groups in total. The number of nitrogens with zero attached hydrogens (tertiary/aromatic N) is 3. The predicted molar refractivity (Wildman–Crippen MR) is 73.8 cm³/mol. The smallest absolute Gasteiger partial charge is 0.156 e. The van der Waals surface area contributed by atoms with Crippen LogP contribution in [0.15, 0.2) is 42.6 Å². The average molecular weight is 274 g/mol. The summed E-state index contributed by atoms with van der Waals surface area (Å²) in [6.45, 7) is 0. The molecule has 0 unspecified atom stereocenters. The molecule has 0 radical (unpaired) electrons. The number of methoxy groups -OCH3 is 1. The summed E-state index contributed by atoms with van der Waals surface area (Å²) in [5.41, 5.74) is 1.94. The third-order valence-corrected chi connectivity index (χ3v) is 3.11. The fraction of sp³-hybridized carbons (Fsp3) is 0.143. The molecule has 0 fully saturated rings. The van der Waals surface area contributed by atoms with Crippen molar-refractivity contribution >= 4 is 17.2 Å². The quantitative estimate of drug-likeness (QED) is 0.736. The largest absolute Gasteiger partial charge is 0.495 e. The average Bonchev–Trinajstić information content (AvgIpc) is 2.82. The monoisotopic (exact) mass is 273 g/mol. The van der Waals surface area contributed by atoms with Crippen LogP contribution >= 0.6 is 11.6 Å². The van der Waals surface area contributed by atoms with E-state index in [2.05, 4.69) is 10.1 Å². The zero-order valence-corrected chi connectivity index (χ0v) is 11.1. The van der Waals surface area contributed by atoms with E-state index in [-0.39, 0.29) is 0 Å². The summed E-state index contributed by atoms with van der Waals surface area (Å²) in [6, 6.07) is 11.5. The SMILES string of the molecule is COc1ccc2nc(Cc3ccc(Cl)cc3)nn2c1. The van der Waals surface area contributed by atoms with Gasteiger partial charge in [-0.15, -0.1) is 0 Å². The Balaban J connectivity index is 1.90. The van der Waals surface area contributed by atoms with Crippen molar-refractivity contribution < 1.29 is 4.74 Å². The molecule has 0 amide bonds. The highest BCUT2D eigenvalue weighted by atomic mass is 35.5. The lowest BCUT2D eigenvalue weighted by Crippen LogP contribution is -1.92. The first kappa shape index (κ1) is 12.0. The topological polar surface area (TPSA) is 39.4 Å². The highest BCUT2D eigenvalue weighted by molar-refractivity contribution is 6.30. The first-order chi connectivity index (χ1) is 9.24. The van der Waals surface area contributed by atoms with Crippen LogP contribution in [0.1, 0.15) is 11.4 Å². The molecular formula is C14H12ClN3O. The van der Waals surface area contributed by atoms with E-state index in [9.17, 15) is 0 Å². The van der Waals surface area contributed by atoms with Crippen LogP contribution in [0.3, 0.4) is 0 Å². The molecule has 0 aliphatic carbocycles. The van der Waals surface area contributed by atoms with Gasteiger partial charge in [0, 0.05) is 11.4 Å². The second-order valence-corrected chi connectivity index (χ2v) is 4.64. The Hall–Kier alpha value is -2.07. The molecule has 3 aromatic rings. The molecule has 19 heavy (non-hydrogen) atoms. The van der Waals surface area contributed by atoms with E-state index in [1.807, 2.05) is 42.6 Å². The Morgan fingerprint density at radius 2 is 1.95 bits per heavy atom. The van der Waals surface area contributed by atoms with E-state index >= 15 is 0 Å². The molecule has 0 spiro atoms. The summed E-state index contributed by atoms with van der Waals surface area (Å²) in [6.07, 6.45) is 2.49. The summed E-state index contributed by atoms with van der Waals surface area (Å²) >= 11 is 5.86. The van der Waals surface area contributed by atoms with Gasteiger partial charge in [-0.25, -0.2) is 9.50 Å². The van der Waals surface area contributed by atoms with Crippen molar-refractivity contribution in [2.24, 2.45) is 0 Å². The second-order valence-electron chi connectivity index (χ2n) is 4.20. The lowest BCUT2D eigenvalue weighted by molar-refractivity contribution is 0.411. The van der Waals surface area contributed by atoms with Crippen molar-refractivity contribution in [3.8, 4) is 5.75 Å². The third-order valence-electron chi connectivity index (χ3n) is 2.86. The van der Waals surface area contributed by atoms with Gasteiger partial charge >= 0.3 is 0 Å². The Labute approximate surface area is 115 Å². The van der Waals surface area contributed by atoms with Crippen LogP contribution in [0.5, 0.6) is 5.75 Å². The summed E-state index contributed by atoms with van der Waals surface area (Å²) in [4.78, 5) is 4.47. The maximum Gasteiger partial charge on any atom is 0.156 e. The molecule has 0 atom stereocenters. The summed E-state index contributed by atoms with van der Waals surface area (Å²) in [7, 11) is 1.63. The second kappa shape index (κ2) is 4.90. The van der Waals surface area contributed by atoms with Gasteiger partial charge in [-0.2, -0.15) is 5.10 Å². The van der Waals surface area contributed by atoms with Crippen LogP contribution in [0, 0.1) is 0 Å². The molecular weight excluding hydrogens is 262 g/mol. The molecule has 0 saturated carbocycles. The molecule has 0 aliphatic heterocycles. The number of benzene rings is 1.